The van der Waals surface area contributed by atoms with E-state index in [1.54, 1.807) is 43.9 Å². The fourth-order valence-corrected chi connectivity index (χ4v) is 8.04. The Morgan fingerprint density at radius 3 is 2.56 bits per heavy atom. The van der Waals surface area contributed by atoms with Gasteiger partial charge in [-0.2, -0.15) is 14.3 Å². The van der Waals surface area contributed by atoms with E-state index in [1.165, 1.54) is 57.0 Å². The fourth-order valence-electron chi connectivity index (χ4n) is 8.04. The minimum atomic E-state index is -1.30. The first-order valence-corrected chi connectivity index (χ1v) is 21.1. The lowest BCUT2D eigenvalue weighted by Crippen LogP contribution is -2.54. The molecule has 7 rings (SSSR count). The van der Waals surface area contributed by atoms with E-state index < -0.39 is 53.8 Å². The van der Waals surface area contributed by atoms with Crippen molar-refractivity contribution in [3.8, 4) is 5.75 Å². The number of carbonyl (C=O) groups is 2. The normalized spacial score (nSPS) is 19.0. The van der Waals surface area contributed by atoms with Crippen molar-refractivity contribution in [3.05, 3.63) is 113 Å². The first-order chi connectivity index (χ1) is 30.8. The highest BCUT2D eigenvalue weighted by atomic mass is 19.1. The molecule has 2 fully saturated rings. The number of hydrogen-bond acceptors (Lipinski definition) is 14. The molecule has 0 bridgehead atoms. The zero-order valence-corrected chi connectivity index (χ0v) is 36.4. The number of benzene rings is 2. The van der Waals surface area contributed by atoms with Crippen molar-refractivity contribution in [2.24, 2.45) is 0 Å². The van der Waals surface area contributed by atoms with Gasteiger partial charge in [-0.15, -0.1) is 4.68 Å². The molecular weight excluding hydrogens is 837 g/mol. The van der Waals surface area contributed by atoms with E-state index in [0.717, 1.165) is 11.8 Å². The molecule has 2 saturated heterocycles. The number of likely N-dealkylation sites (N-methyl/N-ethyl adjacent to an activating group) is 1. The molecule has 5 atom stereocenters. The molecule has 0 spiro atoms. The van der Waals surface area contributed by atoms with Gasteiger partial charge in [-0.05, 0) is 56.8 Å². The number of rotatable bonds is 17. The van der Waals surface area contributed by atoms with Crippen molar-refractivity contribution in [2.45, 2.75) is 76.8 Å². The molecule has 2 aliphatic rings. The molecule has 5 heterocycles. The number of pyridine rings is 1. The minimum Gasteiger partial charge on any atom is -0.488 e. The molecule has 342 valence electrons. The Bertz CT molecular complexity index is 2440. The van der Waals surface area contributed by atoms with E-state index in [-0.39, 0.29) is 49.8 Å². The molecule has 21 heteroatoms. The van der Waals surface area contributed by atoms with Crippen LogP contribution in [0.3, 0.4) is 0 Å². The molecule has 1 amide bonds. The molecule has 0 radical (unpaired) electrons. The van der Waals surface area contributed by atoms with E-state index in [0.29, 0.717) is 43.9 Å². The number of aliphatic hydroxyl groups is 1. The van der Waals surface area contributed by atoms with Gasteiger partial charge >= 0.3 is 17.8 Å². The fraction of sp³-hybridized carbons (Fsp3) is 0.465. The summed E-state index contributed by atoms with van der Waals surface area (Å²) in [7, 11) is 3.12. The van der Waals surface area contributed by atoms with Crippen LogP contribution in [0, 0.1) is 11.6 Å². The van der Waals surface area contributed by atoms with Gasteiger partial charge in [0.15, 0.2) is 0 Å². The second kappa shape index (κ2) is 19.9. The number of nitrogens with one attached hydrogen (secondary N) is 1. The topological polar surface area (TPSA) is 187 Å². The molecular formula is C43H54F2N11O8+. The Morgan fingerprint density at radius 2 is 1.86 bits per heavy atom. The number of piperazine rings is 1. The van der Waals surface area contributed by atoms with Gasteiger partial charge in [0, 0.05) is 67.7 Å². The molecule has 5 aromatic rings. The van der Waals surface area contributed by atoms with E-state index in [9.17, 15) is 23.9 Å². The summed E-state index contributed by atoms with van der Waals surface area (Å²) >= 11 is 0. The molecule has 3 aromatic heterocycles. The number of nitrogens with zero attached hydrogens (tertiary/aromatic N) is 10. The van der Waals surface area contributed by atoms with E-state index in [4.69, 9.17) is 18.9 Å². The van der Waals surface area contributed by atoms with Gasteiger partial charge in [0.25, 0.3) is 6.33 Å². The molecule has 64 heavy (non-hydrogen) atoms. The largest absolute Gasteiger partial charge is 0.488 e. The van der Waals surface area contributed by atoms with Crippen molar-refractivity contribution in [1.82, 2.24) is 34.5 Å². The Kier molecular flexibility index (Phi) is 14.2. The molecule has 5 unspecified atom stereocenters. The highest BCUT2D eigenvalue weighted by molar-refractivity contribution is 5.86. The SMILES string of the molecule is CCC(C(C)O)n1ncn(N2CCN(c3ccc(OC4COC(Cn5c[n+](C(C)OC(=O)N(C)c6ncccc6COC(=O)CNC)cn5)(c5ccc(F)cc5F)C4)cc3)CC2)c1=O. The van der Waals surface area contributed by atoms with Crippen LogP contribution in [-0.4, -0.2) is 112 Å². The van der Waals surface area contributed by atoms with Crippen molar-refractivity contribution in [1.29, 1.82) is 0 Å². The maximum atomic E-state index is 15.6. The number of aromatic nitrogens is 7. The van der Waals surface area contributed by atoms with Gasteiger partial charge in [-0.3, -0.25) is 9.69 Å². The molecule has 0 saturated carbocycles. The van der Waals surface area contributed by atoms with Crippen LogP contribution in [0.5, 0.6) is 5.75 Å². The highest BCUT2D eigenvalue weighted by Gasteiger charge is 2.47. The number of esters is 1. The summed E-state index contributed by atoms with van der Waals surface area (Å²) in [6, 6.07) is 14.0. The van der Waals surface area contributed by atoms with Crippen LogP contribution in [0.25, 0.3) is 0 Å². The Balaban J connectivity index is 0.977. The third kappa shape index (κ3) is 10.2. The lowest BCUT2D eigenvalue weighted by Gasteiger charge is -2.36. The Hall–Kier alpha value is -6.45. The average molecular weight is 891 g/mol. The zero-order valence-electron chi connectivity index (χ0n) is 36.4. The molecule has 19 nitrogen and oxygen atoms in total. The van der Waals surface area contributed by atoms with Gasteiger partial charge in [-0.25, -0.2) is 28.0 Å². The highest BCUT2D eigenvalue weighted by Crippen LogP contribution is 2.41. The van der Waals surface area contributed by atoms with E-state index >= 15 is 4.39 Å². The first-order valence-electron chi connectivity index (χ1n) is 21.1. The number of aliphatic hydroxyl groups excluding tert-OH is 1. The first kappa shape index (κ1) is 45.6. The lowest BCUT2D eigenvalue weighted by atomic mass is 9.89. The van der Waals surface area contributed by atoms with Gasteiger partial charge in [0.05, 0.1) is 38.4 Å². The number of anilines is 2. The van der Waals surface area contributed by atoms with Gasteiger partial charge in [-0.1, -0.05) is 19.1 Å². The van der Waals surface area contributed by atoms with E-state index in [2.05, 4.69) is 25.4 Å². The smallest absolute Gasteiger partial charge is 0.418 e. The Morgan fingerprint density at radius 1 is 1.09 bits per heavy atom. The van der Waals surface area contributed by atoms with Gasteiger partial charge < -0.3 is 39.3 Å². The standard InChI is InChI=1S/C43H54F2N11O8/c1-6-38(29(2)57)56-41(59)55(27-49-56)54-18-16-51(17-19-54)33-10-12-34(13-11-33)64-35-21-43(62-24-35,36-14-9-32(44)20-37(36)45)25-53-28-52(26-48-53)30(3)63-42(60)50(5)40-31(8-7-15-47-40)23-61-39(58)22-46-4/h7-15,20,26-30,35,38,46,57H,6,16-19,21-25H2,1-5H3/q+1. The average Bonchev–Trinajstić information content (AvgIpc) is 4.02. The van der Waals surface area contributed by atoms with Crippen molar-refractivity contribution in [2.75, 3.05) is 68.2 Å². The van der Waals surface area contributed by atoms with Crippen molar-refractivity contribution in [3.63, 3.8) is 0 Å². The summed E-state index contributed by atoms with van der Waals surface area (Å²) in [5.41, 5.74) is 0.0355. The predicted molar refractivity (Wildman–Crippen MR) is 227 cm³/mol. The monoisotopic (exact) mass is 890 g/mol. The lowest BCUT2D eigenvalue weighted by molar-refractivity contribution is -0.753. The van der Waals surface area contributed by atoms with Crippen LogP contribution < -0.4 is 35.1 Å². The second-order valence-electron chi connectivity index (χ2n) is 15.8. The van der Waals surface area contributed by atoms with Gasteiger partial charge in [0.1, 0.15) is 54.4 Å². The zero-order chi connectivity index (χ0) is 45.5. The third-order valence-electron chi connectivity index (χ3n) is 11.4. The number of ether oxygens (including phenoxy) is 4. The summed E-state index contributed by atoms with van der Waals surface area (Å²) in [6.45, 7) is 7.75. The number of amides is 1. The van der Waals surface area contributed by atoms with Crippen LogP contribution in [-0.2, 0) is 37.8 Å². The van der Waals surface area contributed by atoms with Crippen LogP contribution in [0.1, 0.15) is 57.0 Å². The third-order valence-corrected chi connectivity index (χ3v) is 11.4. The van der Waals surface area contributed by atoms with Crippen molar-refractivity contribution >= 4 is 23.6 Å². The molecule has 0 aliphatic carbocycles. The maximum absolute atomic E-state index is 15.6. The van der Waals surface area contributed by atoms with E-state index in [1.807, 2.05) is 36.2 Å². The second-order valence-corrected chi connectivity index (χ2v) is 15.8. The van der Waals surface area contributed by atoms with Crippen LogP contribution >= 0.6 is 0 Å². The summed E-state index contributed by atoms with van der Waals surface area (Å²) in [5, 5.41) is 23.5. The molecule has 2 aliphatic heterocycles. The molecule has 2 aromatic carbocycles. The number of hydrogen-bond donors (Lipinski definition) is 2. The summed E-state index contributed by atoms with van der Waals surface area (Å²) in [5.74, 6) is -1.13. The summed E-state index contributed by atoms with van der Waals surface area (Å²) in [6.07, 6.45) is 4.06. The quantitative estimate of drug-likeness (QED) is 0.103. The predicted octanol–water partition coefficient (Wildman–Crippen LogP) is 2.81. The van der Waals surface area contributed by atoms with Crippen LogP contribution in [0.2, 0.25) is 0 Å². The minimum absolute atomic E-state index is 0.0180. The van der Waals surface area contributed by atoms with Gasteiger partial charge in [0.2, 0.25) is 12.6 Å². The van der Waals surface area contributed by atoms with Crippen LogP contribution in [0.15, 0.2) is 84.6 Å². The summed E-state index contributed by atoms with van der Waals surface area (Å²) < 4.78 is 59.4. The Labute approximate surface area is 368 Å². The molecule has 2 N–H and O–H groups in total. The summed E-state index contributed by atoms with van der Waals surface area (Å²) in [4.78, 5) is 46.0. The number of carbonyl (C=O) groups excluding carboxylic acids is 2. The maximum Gasteiger partial charge on any atom is 0.418 e. The van der Waals surface area contributed by atoms with Crippen molar-refractivity contribution < 1.29 is 47.0 Å². The number of halogens is 2. The van der Waals surface area contributed by atoms with Crippen LogP contribution in [0.4, 0.5) is 25.1 Å².